The Morgan fingerprint density at radius 1 is 1.29 bits per heavy atom. The number of amides is 1. The van der Waals surface area contributed by atoms with E-state index in [9.17, 15) is 14.9 Å². The van der Waals surface area contributed by atoms with E-state index in [0.29, 0.717) is 14.1 Å². The molecule has 0 saturated heterocycles. The summed E-state index contributed by atoms with van der Waals surface area (Å²) < 4.78 is 5.90. The van der Waals surface area contributed by atoms with Gasteiger partial charge in [0.2, 0.25) is 0 Å². The van der Waals surface area contributed by atoms with Gasteiger partial charge in [0.15, 0.2) is 0 Å². The average Bonchev–Trinajstić information content (AvgIpc) is 3.25. The number of rotatable bonds is 5. The lowest BCUT2D eigenvalue weighted by atomic mass is 10.4. The summed E-state index contributed by atoms with van der Waals surface area (Å²) >= 11 is 8.07. The first-order valence-corrected chi connectivity index (χ1v) is 8.35. The Bertz CT molecular complexity index is 930. The van der Waals surface area contributed by atoms with E-state index in [0.717, 1.165) is 11.3 Å². The topological polar surface area (TPSA) is 111 Å². The highest BCUT2D eigenvalue weighted by molar-refractivity contribution is 7.19. The Morgan fingerprint density at radius 2 is 2.12 bits per heavy atom. The zero-order valence-electron chi connectivity index (χ0n) is 11.6. The van der Waals surface area contributed by atoms with Crippen LogP contribution in [0, 0.1) is 10.1 Å². The number of carbonyl (C=O) groups excluding carboxylic acids is 1. The van der Waals surface area contributed by atoms with Gasteiger partial charge in [0.05, 0.1) is 14.1 Å². The van der Waals surface area contributed by atoms with Gasteiger partial charge in [-0.25, -0.2) is 0 Å². The maximum Gasteiger partial charge on any atom is 0.324 e. The highest BCUT2D eigenvalue weighted by Crippen LogP contribution is 2.30. The molecule has 0 aromatic carbocycles. The van der Waals surface area contributed by atoms with Gasteiger partial charge in [0, 0.05) is 17.0 Å². The van der Waals surface area contributed by atoms with Crippen molar-refractivity contribution in [3.63, 3.8) is 0 Å². The van der Waals surface area contributed by atoms with Gasteiger partial charge >= 0.3 is 11.0 Å². The maximum absolute atomic E-state index is 11.8. The van der Waals surface area contributed by atoms with Crippen LogP contribution in [0.25, 0.3) is 16.8 Å². The van der Waals surface area contributed by atoms with Crippen molar-refractivity contribution in [3.05, 3.63) is 49.7 Å². The third kappa shape index (κ3) is 3.85. The molecule has 1 N–H and O–H groups in total. The number of halogens is 1. The van der Waals surface area contributed by atoms with Gasteiger partial charge in [-0.1, -0.05) is 28.0 Å². The van der Waals surface area contributed by atoms with Crippen molar-refractivity contribution >= 4 is 57.3 Å². The van der Waals surface area contributed by atoms with Crippen LogP contribution in [-0.4, -0.2) is 21.0 Å². The maximum atomic E-state index is 11.8. The zero-order valence-corrected chi connectivity index (χ0v) is 14.0. The molecule has 24 heavy (non-hydrogen) atoms. The van der Waals surface area contributed by atoms with Crippen molar-refractivity contribution in [1.29, 1.82) is 0 Å². The van der Waals surface area contributed by atoms with Crippen molar-refractivity contribution in [1.82, 2.24) is 10.2 Å². The summed E-state index contributed by atoms with van der Waals surface area (Å²) in [5.41, 5.74) is 0. The molecule has 0 atom stereocenters. The largest absolute Gasteiger partial charge is 0.402 e. The van der Waals surface area contributed by atoms with Crippen LogP contribution < -0.4 is 5.32 Å². The molecule has 0 fully saturated rings. The molecule has 0 aliphatic carbocycles. The summed E-state index contributed by atoms with van der Waals surface area (Å²) in [6.45, 7) is 0. The van der Waals surface area contributed by atoms with Gasteiger partial charge in [-0.05, 0) is 24.3 Å². The second kappa shape index (κ2) is 6.91. The number of nitro groups is 1. The van der Waals surface area contributed by atoms with E-state index in [1.165, 1.54) is 29.6 Å². The first kappa shape index (κ1) is 16.3. The molecule has 3 heterocycles. The SMILES string of the molecule is O=C(C=Cc1ccc([N+](=O)[O-])s1)Nc1nnc(-c2ccc(Cl)s2)o1. The standard InChI is InChI=1S/C13H7ClN4O4S2/c14-9-4-3-8(24-9)12-16-17-13(22-12)15-10(19)5-1-7-2-6-11(23-7)18(20)21/h1-6H,(H,15,17,19). The number of hydrogen-bond donors (Lipinski definition) is 1. The fourth-order valence-electron chi connectivity index (χ4n) is 1.64. The first-order valence-electron chi connectivity index (χ1n) is 6.34. The summed E-state index contributed by atoms with van der Waals surface area (Å²) in [7, 11) is 0. The van der Waals surface area contributed by atoms with E-state index >= 15 is 0 Å². The van der Waals surface area contributed by atoms with E-state index in [2.05, 4.69) is 15.5 Å². The van der Waals surface area contributed by atoms with Crippen LogP contribution in [0.2, 0.25) is 4.34 Å². The summed E-state index contributed by atoms with van der Waals surface area (Å²) in [6.07, 6.45) is 2.69. The minimum Gasteiger partial charge on any atom is -0.402 e. The summed E-state index contributed by atoms with van der Waals surface area (Å²) in [5.74, 6) is -0.245. The Hall–Kier alpha value is -2.56. The van der Waals surface area contributed by atoms with Gasteiger partial charge in [0.25, 0.3) is 11.8 Å². The third-order valence-electron chi connectivity index (χ3n) is 2.63. The molecule has 0 aliphatic heterocycles. The molecule has 0 bridgehead atoms. The van der Waals surface area contributed by atoms with Crippen LogP contribution in [0.4, 0.5) is 11.0 Å². The molecular formula is C13H7ClN4O4S2. The second-order valence-corrected chi connectivity index (χ2v) is 7.08. The number of nitrogens with one attached hydrogen (secondary N) is 1. The highest BCUT2D eigenvalue weighted by atomic mass is 35.5. The smallest absolute Gasteiger partial charge is 0.324 e. The van der Waals surface area contributed by atoms with Gasteiger partial charge in [-0.15, -0.1) is 16.4 Å². The van der Waals surface area contributed by atoms with Crippen LogP contribution in [0.3, 0.4) is 0 Å². The fourth-order valence-corrected chi connectivity index (χ4v) is 3.33. The van der Waals surface area contributed by atoms with Crippen molar-refractivity contribution in [2.75, 3.05) is 5.32 Å². The van der Waals surface area contributed by atoms with Crippen LogP contribution in [0.15, 0.2) is 34.8 Å². The molecule has 0 aliphatic rings. The first-order chi connectivity index (χ1) is 11.5. The summed E-state index contributed by atoms with van der Waals surface area (Å²) in [4.78, 5) is 23.2. The van der Waals surface area contributed by atoms with Crippen molar-refractivity contribution in [2.24, 2.45) is 0 Å². The lowest BCUT2D eigenvalue weighted by molar-refractivity contribution is -0.380. The van der Waals surface area contributed by atoms with E-state index < -0.39 is 10.8 Å². The molecule has 0 radical (unpaired) electrons. The predicted molar refractivity (Wildman–Crippen MR) is 91.3 cm³/mol. The van der Waals surface area contributed by atoms with Gasteiger partial charge < -0.3 is 4.42 Å². The number of aromatic nitrogens is 2. The molecule has 0 spiro atoms. The molecule has 3 rings (SSSR count). The van der Waals surface area contributed by atoms with Crippen molar-refractivity contribution in [3.8, 4) is 10.8 Å². The fraction of sp³-hybridized carbons (Fsp3) is 0. The van der Waals surface area contributed by atoms with E-state index in [4.69, 9.17) is 16.0 Å². The molecule has 122 valence electrons. The number of thiophene rings is 2. The van der Waals surface area contributed by atoms with Crippen LogP contribution in [0.5, 0.6) is 0 Å². The minimum absolute atomic E-state index is 0.00575. The summed E-state index contributed by atoms with van der Waals surface area (Å²) in [5, 5.41) is 20.5. The normalized spacial score (nSPS) is 11.0. The molecule has 0 unspecified atom stereocenters. The molecule has 1 amide bonds. The number of carbonyl (C=O) groups is 1. The quantitative estimate of drug-likeness (QED) is 0.404. The zero-order chi connectivity index (χ0) is 17.1. The van der Waals surface area contributed by atoms with E-state index in [1.54, 1.807) is 18.2 Å². The molecule has 3 aromatic heterocycles. The number of nitrogens with zero attached hydrogens (tertiary/aromatic N) is 3. The van der Waals surface area contributed by atoms with Crippen molar-refractivity contribution < 1.29 is 14.1 Å². The predicted octanol–water partition coefficient (Wildman–Crippen LogP) is 4.07. The van der Waals surface area contributed by atoms with Gasteiger partial charge in [-0.2, -0.15) is 0 Å². The lowest BCUT2D eigenvalue weighted by Gasteiger charge is -1.93. The number of hydrogen-bond acceptors (Lipinski definition) is 8. The number of anilines is 1. The van der Waals surface area contributed by atoms with Crippen LogP contribution in [-0.2, 0) is 4.79 Å². The van der Waals surface area contributed by atoms with Crippen LogP contribution in [0.1, 0.15) is 4.88 Å². The van der Waals surface area contributed by atoms with Gasteiger partial charge in [0.1, 0.15) is 0 Å². The van der Waals surface area contributed by atoms with E-state index in [1.807, 2.05) is 0 Å². The molecule has 8 nitrogen and oxygen atoms in total. The molecule has 11 heteroatoms. The Labute approximate surface area is 147 Å². The Kier molecular flexibility index (Phi) is 4.69. The lowest BCUT2D eigenvalue weighted by Crippen LogP contribution is -2.07. The van der Waals surface area contributed by atoms with Crippen molar-refractivity contribution in [2.45, 2.75) is 0 Å². The average molecular weight is 383 g/mol. The molecule has 3 aromatic rings. The Morgan fingerprint density at radius 3 is 2.79 bits per heavy atom. The molecule has 0 saturated carbocycles. The molecular weight excluding hydrogens is 376 g/mol. The van der Waals surface area contributed by atoms with Crippen LogP contribution >= 0.6 is 34.3 Å². The summed E-state index contributed by atoms with van der Waals surface area (Å²) in [6, 6.07) is 6.31. The Balaban J connectivity index is 1.63. The monoisotopic (exact) mass is 382 g/mol. The van der Waals surface area contributed by atoms with Gasteiger partial charge in [-0.3, -0.25) is 20.2 Å². The minimum atomic E-state index is -0.495. The second-order valence-electron chi connectivity index (χ2n) is 4.27. The van der Waals surface area contributed by atoms with E-state index in [-0.39, 0.29) is 16.9 Å². The third-order valence-corrected chi connectivity index (χ3v) is 4.85. The highest BCUT2D eigenvalue weighted by Gasteiger charge is 2.12.